The molecule has 146 valence electrons. The van der Waals surface area contributed by atoms with E-state index in [2.05, 4.69) is 64.2 Å². The summed E-state index contributed by atoms with van der Waals surface area (Å²) in [5.74, 6) is 0.328. The topological polar surface area (TPSA) is 39.7 Å². The van der Waals surface area contributed by atoms with E-state index in [4.69, 9.17) is 14.2 Å². The van der Waals surface area contributed by atoms with Crippen LogP contribution in [0.1, 0.15) is 53.5 Å². The third-order valence-electron chi connectivity index (χ3n) is 5.81. The van der Waals surface area contributed by atoms with Crippen LogP contribution >= 0.6 is 0 Å². The summed E-state index contributed by atoms with van der Waals surface area (Å²) in [5, 5.41) is 3.60. The van der Waals surface area contributed by atoms with Crippen molar-refractivity contribution in [1.82, 2.24) is 0 Å². The van der Waals surface area contributed by atoms with Gasteiger partial charge in [-0.3, -0.25) is 0 Å². The summed E-state index contributed by atoms with van der Waals surface area (Å²) in [6, 6.07) is 8.66. The minimum Gasteiger partial charge on any atom is -0.380 e. The summed E-state index contributed by atoms with van der Waals surface area (Å²) in [6.07, 6.45) is 1.13. The normalized spacial score (nSPS) is 32.3. The van der Waals surface area contributed by atoms with Crippen LogP contribution in [-0.2, 0) is 14.2 Å². The lowest BCUT2D eigenvalue weighted by molar-refractivity contribution is -0.152. The van der Waals surface area contributed by atoms with Gasteiger partial charge in [0, 0.05) is 5.69 Å². The highest BCUT2D eigenvalue weighted by atomic mass is 16.8. The van der Waals surface area contributed by atoms with E-state index in [1.165, 1.54) is 5.56 Å². The Kier molecular flexibility index (Phi) is 5.40. The van der Waals surface area contributed by atoms with Crippen molar-refractivity contribution < 1.29 is 14.2 Å². The van der Waals surface area contributed by atoms with Crippen molar-refractivity contribution in [2.24, 2.45) is 11.8 Å². The molecule has 1 aromatic carbocycles. The second kappa shape index (κ2) is 7.14. The van der Waals surface area contributed by atoms with Crippen molar-refractivity contribution in [2.75, 3.05) is 11.9 Å². The Morgan fingerprint density at radius 3 is 2.19 bits per heavy atom. The van der Waals surface area contributed by atoms with Crippen molar-refractivity contribution in [3.63, 3.8) is 0 Å². The van der Waals surface area contributed by atoms with Gasteiger partial charge < -0.3 is 19.5 Å². The maximum absolute atomic E-state index is 6.36. The van der Waals surface area contributed by atoms with Gasteiger partial charge in [0.2, 0.25) is 0 Å². The highest BCUT2D eigenvalue weighted by Gasteiger charge is 2.49. The van der Waals surface area contributed by atoms with Crippen LogP contribution in [0.3, 0.4) is 0 Å². The molecule has 1 N–H and O–H groups in total. The first-order chi connectivity index (χ1) is 12.1. The van der Waals surface area contributed by atoms with E-state index < -0.39 is 5.79 Å². The molecule has 26 heavy (non-hydrogen) atoms. The summed E-state index contributed by atoms with van der Waals surface area (Å²) in [6.45, 7) is 15.8. The second-order valence-electron chi connectivity index (χ2n) is 9.26. The Labute approximate surface area is 158 Å². The van der Waals surface area contributed by atoms with Gasteiger partial charge in [0.1, 0.15) is 6.10 Å². The van der Waals surface area contributed by atoms with Crippen molar-refractivity contribution in [3.8, 4) is 0 Å². The SMILES string of the molecule is Cc1ccc(N[C@@H](C)[C@H]2OC(C)(C)O[C@H]2[C@H](C)[C@H]2COC(C)(C)C2)cc1. The molecule has 4 heteroatoms. The van der Waals surface area contributed by atoms with Crippen molar-refractivity contribution in [1.29, 1.82) is 0 Å². The zero-order valence-electron chi connectivity index (χ0n) is 17.3. The van der Waals surface area contributed by atoms with Gasteiger partial charge in [0.25, 0.3) is 0 Å². The van der Waals surface area contributed by atoms with Gasteiger partial charge in [0.05, 0.1) is 24.4 Å². The summed E-state index contributed by atoms with van der Waals surface area (Å²) in [7, 11) is 0. The minimum atomic E-state index is -0.554. The predicted octanol–water partition coefficient (Wildman–Crippen LogP) is 4.77. The Balaban J connectivity index is 1.72. The maximum Gasteiger partial charge on any atom is 0.163 e. The Morgan fingerprint density at radius 1 is 1.00 bits per heavy atom. The number of benzene rings is 1. The number of rotatable bonds is 5. The summed E-state index contributed by atoms with van der Waals surface area (Å²) in [4.78, 5) is 0. The van der Waals surface area contributed by atoms with Gasteiger partial charge in [-0.25, -0.2) is 0 Å². The summed E-state index contributed by atoms with van der Waals surface area (Å²) >= 11 is 0. The number of aryl methyl sites for hydroxylation is 1. The number of hydrogen-bond acceptors (Lipinski definition) is 4. The summed E-state index contributed by atoms with van der Waals surface area (Å²) in [5.41, 5.74) is 2.35. The molecular formula is C22H35NO3. The van der Waals surface area contributed by atoms with Crippen LogP contribution < -0.4 is 5.32 Å². The van der Waals surface area contributed by atoms with Crippen LogP contribution in [0.5, 0.6) is 0 Å². The quantitative estimate of drug-likeness (QED) is 0.820. The van der Waals surface area contributed by atoms with Gasteiger partial charge in [-0.1, -0.05) is 24.6 Å². The van der Waals surface area contributed by atoms with E-state index in [9.17, 15) is 0 Å². The third kappa shape index (κ3) is 4.41. The Morgan fingerprint density at radius 2 is 1.62 bits per heavy atom. The third-order valence-corrected chi connectivity index (χ3v) is 5.81. The fourth-order valence-corrected chi connectivity index (χ4v) is 4.29. The molecule has 0 saturated carbocycles. The molecule has 0 amide bonds. The lowest BCUT2D eigenvalue weighted by Gasteiger charge is -2.31. The molecule has 2 aliphatic rings. The minimum absolute atomic E-state index is 0.00464. The molecule has 2 heterocycles. The average Bonchev–Trinajstić information content (AvgIpc) is 3.08. The molecule has 2 aliphatic heterocycles. The monoisotopic (exact) mass is 361 g/mol. The van der Waals surface area contributed by atoms with Gasteiger partial charge >= 0.3 is 0 Å². The molecule has 0 spiro atoms. The van der Waals surface area contributed by atoms with Crippen molar-refractivity contribution in [3.05, 3.63) is 29.8 Å². The van der Waals surface area contributed by atoms with Crippen LogP contribution in [0.15, 0.2) is 24.3 Å². The van der Waals surface area contributed by atoms with Gasteiger partial charge in [-0.15, -0.1) is 0 Å². The molecule has 0 aliphatic carbocycles. The highest BCUT2D eigenvalue weighted by molar-refractivity contribution is 5.45. The van der Waals surface area contributed by atoms with Crippen LogP contribution in [-0.4, -0.2) is 36.2 Å². The van der Waals surface area contributed by atoms with Gasteiger partial charge in [-0.05, 0) is 71.9 Å². The molecule has 0 radical (unpaired) electrons. The molecule has 0 bridgehead atoms. The Bertz CT molecular complexity index is 610. The lowest BCUT2D eigenvalue weighted by atomic mass is 9.82. The van der Waals surface area contributed by atoms with Crippen molar-refractivity contribution >= 4 is 5.69 Å². The van der Waals surface area contributed by atoms with E-state index in [-0.39, 0.29) is 23.9 Å². The standard InChI is InChI=1S/C22H35NO3/c1-14-8-10-18(11-9-14)23-16(3)20-19(25-22(6,7)26-20)15(2)17-12-21(4,5)24-13-17/h8-11,15-17,19-20,23H,12-13H2,1-7H3/t15-,16+,17-,19+,20-/m1/s1. The Hall–Kier alpha value is -1.10. The highest BCUT2D eigenvalue weighted by Crippen LogP contribution is 2.41. The number of anilines is 1. The largest absolute Gasteiger partial charge is 0.380 e. The fourth-order valence-electron chi connectivity index (χ4n) is 4.29. The van der Waals surface area contributed by atoms with Crippen LogP contribution in [0, 0.1) is 18.8 Å². The number of hydrogen-bond donors (Lipinski definition) is 1. The first-order valence-electron chi connectivity index (χ1n) is 9.89. The molecule has 4 nitrogen and oxygen atoms in total. The molecule has 2 fully saturated rings. The molecule has 0 aromatic heterocycles. The van der Waals surface area contributed by atoms with E-state index in [1.54, 1.807) is 0 Å². The zero-order chi connectivity index (χ0) is 19.1. The van der Waals surface area contributed by atoms with E-state index >= 15 is 0 Å². The van der Waals surface area contributed by atoms with Crippen LogP contribution in [0.25, 0.3) is 0 Å². The molecule has 5 atom stereocenters. The van der Waals surface area contributed by atoms with Crippen LogP contribution in [0.2, 0.25) is 0 Å². The van der Waals surface area contributed by atoms with E-state index in [0.717, 1.165) is 18.7 Å². The molecular weight excluding hydrogens is 326 g/mol. The maximum atomic E-state index is 6.36. The van der Waals surface area contributed by atoms with Gasteiger partial charge in [0.15, 0.2) is 5.79 Å². The number of nitrogens with one attached hydrogen (secondary N) is 1. The first-order valence-corrected chi connectivity index (χ1v) is 9.89. The smallest absolute Gasteiger partial charge is 0.163 e. The average molecular weight is 362 g/mol. The lowest BCUT2D eigenvalue weighted by Crippen LogP contribution is -2.43. The van der Waals surface area contributed by atoms with E-state index in [1.807, 2.05) is 13.8 Å². The molecule has 1 aromatic rings. The second-order valence-corrected chi connectivity index (χ2v) is 9.26. The fraction of sp³-hybridized carbons (Fsp3) is 0.727. The predicted molar refractivity (Wildman–Crippen MR) is 105 cm³/mol. The van der Waals surface area contributed by atoms with Crippen LogP contribution in [0.4, 0.5) is 5.69 Å². The molecule has 0 unspecified atom stereocenters. The van der Waals surface area contributed by atoms with E-state index in [0.29, 0.717) is 11.8 Å². The number of ether oxygens (including phenoxy) is 3. The zero-order valence-corrected chi connectivity index (χ0v) is 17.3. The summed E-state index contributed by atoms with van der Waals surface area (Å²) < 4.78 is 18.7. The molecule has 2 saturated heterocycles. The molecule has 3 rings (SSSR count). The van der Waals surface area contributed by atoms with Gasteiger partial charge in [-0.2, -0.15) is 0 Å². The van der Waals surface area contributed by atoms with Crippen molar-refractivity contribution in [2.45, 2.75) is 84.5 Å². The first kappa shape index (κ1) is 19.7.